The lowest BCUT2D eigenvalue weighted by Gasteiger charge is -2.34. The molecule has 104 valence electrons. The number of nitrogens with two attached hydrogens (primary N) is 1. The molecule has 2 rings (SSSR count). The predicted octanol–water partition coefficient (Wildman–Crippen LogP) is 0.550. The number of aliphatic hydroxyl groups excluding tert-OH is 1. The first-order valence-electron chi connectivity index (χ1n) is 6.09. The molecule has 0 spiro atoms. The highest BCUT2D eigenvalue weighted by molar-refractivity contribution is 5.96. The lowest BCUT2D eigenvalue weighted by atomic mass is 10.1. The number of aliphatic hydroxyl groups is 1. The smallest absolute Gasteiger partial charge is 0.257 e. The van der Waals surface area contributed by atoms with E-state index in [9.17, 15) is 14.3 Å². The van der Waals surface area contributed by atoms with E-state index in [4.69, 9.17) is 10.5 Å². The number of halogens is 1. The molecule has 1 fully saturated rings. The van der Waals surface area contributed by atoms with Gasteiger partial charge in [0.25, 0.3) is 5.91 Å². The third-order valence-corrected chi connectivity index (χ3v) is 3.21. The number of carbonyl (C=O) groups is 1. The van der Waals surface area contributed by atoms with E-state index in [0.29, 0.717) is 24.4 Å². The van der Waals surface area contributed by atoms with Gasteiger partial charge in [0.05, 0.1) is 31.4 Å². The van der Waals surface area contributed by atoms with Crippen LogP contribution in [-0.2, 0) is 4.74 Å². The van der Waals surface area contributed by atoms with Gasteiger partial charge in [-0.1, -0.05) is 0 Å². The number of rotatable bonds is 2. The predicted molar refractivity (Wildman–Crippen MR) is 68.3 cm³/mol. The average Bonchev–Trinajstić information content (AvgIpc) is 2.42. The highest BCUT2D eigenvalue weighted by Gasteiger charge is 2.29. The number of ether oxygens (including phenoxy) is 1. The maximum absolute atomic E-state index is 14.0. The SMILES string of the molecule is Cc1cc(N)cc(C(=O)N2CCOCC2CO)c1F. The number of nitrogens with zero attached hydrogens (tertiary/aromatic N) is 1. The number of morpholine rings is 1. The van der Waals surface area contributed by atoms with Crippen molar-refractivity contribution in [1.82, 2.24) is 4.90 Å². The molecule has 1 aromatic carbocycles. The maximum atomic E-state index is 14.0. The molecular formula is C13H17FN2O3. The zero-order valence-corrected chi connectivity index (χ0v) is 10.7. The first-order valence-corrected chi connectivity index (χ1v) is 6.09. The standard InChI is InChI=1S/C13H17FN2O3/c1-8-4-9(15)5-11(12(8)14)13(18)16-2-3-19-7-10(16)6-17/h4-5,10,17H,2-3,6-7,15H2,1H3. The summed E-state index contributed by atoms with van der Waals surface area (Å²) in [4.78, 5) is 13.8. The van der Waals surface area contributed by atoms with Crippen LogP contribution in [0.5, 0.6) is 0 Å². The monoisotopic (exact) mass is 268 g/mol. The number of benzene rings is 1. The summed E-state index contributed by atoms with van der Waals surface area (Å²) in [6.45, 7) is 2.31. The molecule has 19 heavy (non-hydrogen) atoms. The number of amides is 1. The van der Waals surface area contributed by atoms with Gasteiger partial charge in [-0.3, -0.25) is 4.79 Å². The molecule has 1 amide bonds. The summed E-state index contributed by atoms with van der Waals surface area (Å²) in [5.41, 5.74) is 6.27. The molecule has 3 N–H and O–H groups in total. The fraction of sp³-hybridized carbons (Fsp3) is 0.462. The van der Waals surface area contributed by atoms with E-state index in [2.05, 4.69) is 0 Å². The molecule has 6 heteroatoms. The minimum Gasteiger partial charge on any atom is -0.399 e. The van der Waals surface area contributed by atoms with Crippen LogP contribution in [0.4, 0.5) is 10.1 Å². The van der Waals surface area contributed by atoms with Gasteiger partial charge in [0, 0.05) is 12.2 Å². The van der Waals surface area contributed by atoms with Gasteiger partial charge in [0.2, 0.25) is 0 Å². The van der Waals surface area contributed by atoms with Crippen molar-refractivity contribution in [2.75, 3.05) is 32.1 Å². The molecule has 1 saturated heterocycles. The number of aryl methyl sites for hydroxylation is 1. The fourth-order valence-electron chi connectivity index (χ4n) is 2.18. The quantitative estimate of drug-likeness (QED) is 0.768. The summed E-state index contributed by atoms with van der Waals surface area (Å²) < 4.78 is 19.2. The lowest BCUT2D eigenvalue weighted by Crippen LogP contribution is -2.50. The van der Waals surface area contributed by atoms with E-state index >= 15 is 0 Å². The van der Waals surface area contributed by atoms with E-state index in [-0.39, 0.29) is 18.8 Å². The summed E-state index contributed by atoms with van der Waals surface area (Å²) in [5.74, 6) is -1.03. The molecule has 1 aromatic rings. The van der Waals surface area contributed by atoms with E-state index in [1.807, 2.05) is 0 Å². The summed E-state index contributed by atoms with van der Waals surface area (Å²) in [5, 5.41) is 9.24. The zero-order valence-electron chi connectivity index (χ0n) is 10.7. The molecule has 1 atom stereocenters. The van der Waals surface area contributed by atoms with Crippen molar-refractivity contribution in [1.29, 1.82) is 0 Å². The van der Waals surface area contributed by atoms with Crippen LogP contribution in [0.15, 0.2) is 12.1 Å². The van der Waals surface area contributed by atoms with Crippen LogP contribution in [0.25, 0.3) is 0 Å². The summed E-state index contributed by atoms with van der Waals surface area (Å²) >= 11 is 0. The Bertz CT molecular complexity index is 493. The second-order valence-corrected chi connectivity index (χ2v) is 4.61. The van der Waals surface area contributed by atoms with Crippen molar-refractivity contribution in [3.63, 3.8) is 0 Å². The van der Waals surface area contributed by atoms with Gasteiger partial charge in [0.1, 0.15) is 5.82 Å². The minimum absolute atomic E-state index is 0.0575. The van der Waals surface area contributed by atoms with Crippen molar-refractivity contribution >= 4 is 11.6 Å². The Hall–Kier alpha value is -1.66. The molecule has 5 nitrogen and oxygen atoms in total. The Morgan fingerprint density at radius 1 is 1.63 bits per heavy atom. The van der Waals surface area contributed by atoms with Crippen molar-refractivity contribution in [2.45, 2.75) is 13.0 Å². The van der Waals surface area contributed by atoms with Crippen LogP contribution in [0.3, 0.4) is 0 Å². The van der Waals surface area contributed by atoms with Gasteiger partial charge < -0.3 is 20.5 Å². The summed E-state index contributed by atoms with van der Waals surface area (Å²) in [6.07, 6.45) is 0. The number of nitrogen functional groups attached to an aromatic ring is 1. The van der Waals surface area contributed by atoms with E-state index < -0.39 is 17.8 Å². The number of anilines is 1. The molecule has 1 unspecified atom stereocenters. The van der Waals surface area contributed by atoms with Gasteiger partial charge in [-0.15, -0.1) is 0 Å². The number of carbonyl (C=O) groups excluding carboxylic acids is 1. The largest absolute Gasteiger partial charge is 0.399 e. The normalized spacial score (nSPS) is 19.5. The van der Waals surface area contributed by atoms with Crippen LogP contribution in [0, 0.1) is 12.7 Å². The molecule has 1 aliphatic rings. The minimum atomic E-state index is -0.567. The Labute approximate surface area is 110 Å². The lowest BCUT2D eigenvalue weighted by molar-refractivity contribution is -0.0185. The van der Waals surface area contributed by atoms with Crippen LogP contribution < -0.4 is 5.73 Å². The van der Waals surface area contributed by atoms with Crippen molar-refractivity contribution in [3.05, 3.63) is 29.1 Å². The molecule has 0 aliphatic carbocycles. The van der Waals surface area contributed by atoms with Gasteiger partial charge in [-0.2, -0.15) is 0 Å². The number of hydrogen-bond acceptors (Lipinski definition) is 4. The Kier molecular flexibility index (Phi) is 4.01. The molecule has 1 heterocycles. The van der Waals surface area contributed by atoms with Crippen LogP contribution in [0.2, 0.25) is 0 Å². The molecular weight excluding hydrogens is 251 g/mol. The van der Waals surface area contributed by atoms with Gasteiger partial charge in [0.15, 0.2) is 0 Å². The van der Waals surface area contributed by atoms with Gasteiger partial charge in [-0.25, -0.2) is 4.39 Å². The van der Waals surface area contributed by atoms with Crippen molar-refractivity contribution < 1.29 is 19.0 Å². The molecule has 1 aliphatic heterocycles. The van der Waals surface area contributed by atoms with E-state index in [0.717, 1.165) is 0 Å². The van der Waals surface area contributed by atoms with Crippen LogP contribution in [-0.4, -0.2) is 48.3 Å². The van der Waals surface area contributed by atoms with Crippen molar-refractivity contribution in [3.8, 4) is 0 Å². The average molecular weight is 268 g/mol. The summed E-state index contributed by atoms with van der Waals surface area (Å²) in [6, 6.07) is 2.37. The van der Waals surface area contributed by atoms with Crippen LogP contribution in [0.1, 0.15) is 15.9 Å². The van der Waals surface area contributed by atoms with Crippen LogP contribution >= 0.6 is 0 Å². The third-order valence-electron chi connectivity index (χ3n) is 3.21. The fourth-order valence-corrected chi connectivity index (χ4v) is 2.18. The third kappa shape index (κ3) is 2.69. The highest BCUT2D eigenvalue weighted by Crippen LogP contribution is 2.20. The molecule has 0 saturated carbocycles. The van der Waals surface area contributed by atoms with Crippen molar-refractivity contribution in [2.24, 2.45) is 0 Å². The Morgan fingerprint density at radius 2 is 2.37 bits per heavy atom. The zero-order chi connectivity index (χ0) is 14.0. The topological polar surface area (TPSA) is 75.8 Å². The Balaban J connectivity index is 2.33. The molecule has 0 radical (unpaired) electrons. The summed E-state index contributed by atoms with van der Waals surface area (Å²) in [7, 11) is 0. The molecule has 0 aromatic heterocycles. The highest BCUT2D eigenvalue weighted by atomic mass is 19.1. The first kappa shape index (κ1) is 13.8. The van der Waals surface area contributed by atoms with E-state index in [1.54, 1.807) is 6.92 Å². The first-order chi connectivity index (χ1) is 9.04. The Morgan fingerprint density at radius 3 is 3.05 bits per heavy atom. The van der Waals surface area contributed by atoms with E-state index in [1.165, 1.54) is 17.0 Å². The van der Waals surface area contributed by atoms with Gasteiger partial charge >= 0.3 is 0 Å². The van der Waals surface area contributed by atoms with Gasteiger partial charge in [-0.05, 0) is 24.6 Å². The number of hydrogen-bond donors (Lipinski definition) is 2. The second-order valence-electron chi connectivity index (χ2n) is 4.61. The molecule has 0 bridgehead atoms. The second kappa shape index (κ2) is 5.54. The maximum Gasteiger partial charge on any atom is 0.257 e.